The van der Waals surface area contributed by atoms with Crippen molar-refractivity contribution in [3.8, 4) is 5.75 Å². The van der Waals surface area contributed by atoms with Crippen LogP contribution in [0.5, 0.6) is 5.75 Å². The second-order valence-electron chi connectivity index (χ2n) is 6.12. The number of carbonyl (C=O) groups is 3. The molecular formula is C21H26N2O7. The average Bonchev–Trinajstić information content (AvgIpc) is 2.74. The minimum atomic E-state index is -1.82. The molecule has 0 spiro atoms. The van der Waals surface area contributed by atoms with Crippen molar-refractivity contribution in [1.82, 2.24) is 4.90 Å². The number of anilines is 1. The summed E-state index contributed by atoms with van der Waals surface area (Å²) >= 11 is 0. The molecule has 0 aliphatic rings. The lowest BCUT2D eigenvalue weighted by atomic mass is 10.2. The lowest BCUT2D eigenvalue weighted by Gasteiger charge is -2.21. The van der Waals surface area contributed by atoms with Crippen LogP contribution in [-0.2, 0) is 20.9 Å². The molecule has 0 bridgehead atoms. The summed E-state index contributed by atoms with van der Waals surface area (Å²) in [6, 6.07) is 17.3. The summed E-state index contributed by atoms with van der Waals surface area (Å²) in [6.45, 7) is 1.94. The van der Waals surface area contributed by atoms with Gasteiger partial charge in [0.15, 0.2) is 0 Å². The molecule has 162 valence electrons. The number of benzene rings is 2. The highest BCUT2D eigenvalue weighted by atomic mass is 16.5. The van der Waals surface area contributed by atoms with Crippen LogP contribution >= 0.6 is 0 Å². The van der Waals surface area contributed by atoms with Gasteiger partial charge < -0.3 is 25.4 Å². The van der Waals surface area contributed by atoms with Gasteiger partial charge in [-0.1, -0.05) is 30.3 Å². The molecule has 0 saturated heterocycles. The SMILES string of the molecule is COc1ccc(NC(=O)CCN(CCO)Cc2ccccc2)cc1.O=C(O)C(=O)O. The van der Waals surface area contributed by atoms with Crippen LogP contribution in [0.4, 0.5) is 5.69 Å². The molecule has 0 aliphatic heterocycles. The van der Waals surface area contributed by atoms with E-state index in [0.29, 0.717) is 19.5 Å². The number of aliphatic hydroxyl groups excluding tert-OH is 1. The first-order valence-electron chi connectivity index (χ1n) is 9.13. The van der Waals surface area contributed by atoms with E-state index in [1.54, 1.807) is 7.11 Å². The van der Waals surface area contributed by atoms with E-state index in [2.05, 4.69) is 10.2 Å². The van der Waals surface area contributed by atoms with Gasteiger partial charge in [-0.25, -0.2) is 9.59 Å². The quantitative estimate of drug-likeness (QED) is 0.452. The first-order valence-corrected chi connectivity index (χ1v) is 9.13. The molecule has 30 heavy (non-hydrogen) atoms. The van der Waals surface area contributed by atoms with Crippen molar-refractivity contribution in [2.75, 3.05) is 32.1 Å². The molecule has 0 radical (unpaired) electrons. The van der Waals surface area contributed by atoms with E-state index >= 15 is 0 Å². The summed E-state index contributed by atoms with van der Waals surface area (Å²) in [7, 11) is 1.61. The molecule has 0 atom stereocenters. The van der Waals surface area contributed by atoms with Crippen LogP contribution in [0.25, 0.3) is 0 Å². The number of carboxylic acids is 2. The lowest BCUT2D eigenvalue weighted by molar-refractivity contribution is -0.159. The molecule has 1 amide bonds. The van der Waals surface area contributed by atoms with E-state index in [1.165, 1.54) is 5.56 Å². The Labute approximate surface area is 174 Å². The number of amides is 1. The van der Waals surface area contributed by atoms with E-state index in [-0.39, 0.29) is 12.5 Å². The van der Waals surface area contributed by atoms with Crippen molar-refractivity contribution in [1.29, 1.82) is 0 Å². The smallest absolute Gasteiger partial charge is 0.414 e. The van der Waals surface area contributed by atoms with Crippen LogP contribution in [0, 0.1) is 0 Å². The largest absolute Gasteiger partial charge is 0.497 e. The van der Waals surface area contributed by atoms with E-state index < -0.39 is 11.9 Å². The monoisotopic (exact) mass is 418 g/mol. The average molecular weight is 418 g/mol. The van der Waals surface area contributed by atoms with Crippen molar-refractivity contribution in [3.05, 3.63) is 60.2 Å². The number of aliphatic carboxylic acids is 2. The number of hydrogen-bond acceptors (Lipinski definition) is 6. The van der Waals surface area contributed by atoms with Crippen molar-refractivity contribution in [2.45, 2.75) is 13.0 Å². The third kappa shape index (κ3) is 10.2. The summed E-state index contributed by atoms with van der Waals surface area (Å²) in [5, 5.41) is 26.9. The van der Waals surface area contributed by atoms with Gasteiger partial charge in [0.05, 0.1) is 13.7 Å². The number of nitrogens with one attached hydrogen (secondary N) is 1. The van der Waals surface area contributed by atoms with E-state index in [9.17, 15) is 9.90 Å². The number of rotatable bonds is 9. The zero-order valence-electron chi connectivity index (χ0n) is 16.7. The van der Waals surface area contributed by atoms with Crippen molar-refractivity contribution in [2.24, 2.45) is 0 Å². The van der Waals surface area contributed by atoms with Gasteiger partial charge in [0.2, 0.25) is 5.91 Å². The van der Waals surface area contributed by atoms with Gasteiger partial charge >= 0.3 is 11.9 Å². The molecule has 0 heterocycles. The number of aliphatic hydroxyl groups is 1. The fraction of sp³-hybridized carbons (Fsp3) is 0.286. The Morgan fingerprint density at radius 3 is 2.03 bits per heavy atom. The Morgan fingerprint density at radius 2 is 1.53 bits per heavy atom. The van der Waals surface area contributed by atoms with Gasteiger partial charge in [-0.2, -0.15) is 0 Å². The molecule has 0 saturated carbocycles. The van der Waals surface area contributed by atoms with Gasteiger partial charge in [0, 0.05) is 31.7 Å². The summed E-state index contributed by atoms with van der Waals surface area (Å²) in [5.74, 6) is -2.94. The van der Waals surface area contributed by atoms with Gasteiger partial charge in [-0.3, -0.25) is 9.69 Å². The normalized spacial score (nSPS) is 9.97. The summed E-state index contributed by atoms with van der Waals surface area (Å²) in [4.78, 5) is 32.4. The second-order valence-corrected chi connectivity index (χ2v) is 6.12. The molecule has 0 fully saturated rings. The first-order chi connectivity index (χ1) is 14.3. The molecule has 9 heteroatoms. The highest BCUT2D eigenvalue weighted by Gasteiger charge is 2.09. The van der Waals surface area contributed by atoms with Gasteiger partial charge in [-0.05, 0) is 29.8 Å². The number of hydrogen-bond donors (Lipinski definition) is 4. The Balaban J connectivity index is 0.000000656. The van der Waals surface area contributed by atoms with Crippen molar-refractivity contribution < 1.29 is 34.4 Å². The number of ether oxygens (including phenoxy) is 1. The van der Waals surface area contributed by atoms with Gasteiger partial charge in [-0.15, -0.1) is 0 Å². The first kappa shape index (κ1) is 24.6. The van der Waals surface area contributed by atoms with Crippen LogP contribution < -0.4 is 10.1 Å². The minimum absolute atomic E-state index is 0.0452. The second kappa shape index (κ2) is 13.7. The Bertz CT molecular complexity index is 783. The third-order valence-corrected chi connectivity index (χ3v) is 3.88. The zero-order chi connectivity index (χ0) is 22.4. The molecule has 0 unspecified atom stereocenters. The minimum Gasteiger partial charge on any atom is -0.497 e. The number of carbonyl (C=O) groups excluding carboxylic acids is 1. The van der Waals surface area contributed by atoms with Gasteiger partial charge in [0.25, 0.3) is 0 Å². The predicted octanol–water partition coefficient (Wildman–Crippen LogP) is 1.67. The highest BCUT2D eigenvalue weighted by Crippen LogP contribution is 2.15. The lowest BCUT2D eigenvalue weighted by Crippen LogP contribution is -2.30. The van der Waals surface area contributed by atoms with Crippen molar-refractivity contribution >= 4 is 23.5 Å². The van der Waals surface area contributed by atoms with Crippen molar-refractivity contribution in [3.63, 3.8) is 0 Å². The summed E-state index contributed by atoms with van der Waals surface area (Å²) in [5.41, 5.74) is 1.92. The van der Waals surface area contributed by atoms with Crippen LogP contribution in [-0.4, -0.2) is 64.9 Å². The van der Waals surface area contributed by atoms with E-state index in [0.717, 1.165) is 18.0 Å². The highest BCUT2D eigenvalue weighted by molar-refractivity contribution is 6.27. The number of methoxy groups -OCH3 is 1. The van der Waals surface area contributed by atoms with Crippen LogP contribution in [0.15, 0.2) is 54.6 Å². The summed E-state index contributed by atoms with van der Waals surface area (Å²) < 4.78 is 5.09. The van der Waals surface area contributed by atoms with Crippen LogP contribution in [0.2, 0.25) is 0 Å². The molecule has 4 N–H and O–H groups in total. The fourth-order valence-electron chi connectivity index (χ4n) is 2.41. The maximum absolute atomic E-state index is 12.1. The van der Waals surface area contributed by atoms with Crippen LogP contribution in [0.1, 0.15) is 12.0 Å². The van der Waals surface area contributed by atoms with E-state index in [4.69, 9.17) is 24.5 Å². The molecule has 0 aromatic heterocycles. The summed E-state index contributed by atoms with van der Waals surface area (Å²) in [6.07, 6.45) is 0.374. The number of carboxylic acid groups (broad SMARTS) is 2. The molecule has 2 aromatic rings. The maximum atomic E-state index is 12.1. The maximum Gasteiger partial charge on any atom is 0.414 e. The van der Waals surface area contributed by atoms with Gasteiger partial charge in [0.1, 0.15) is 5.75 Å². The Kier molecular flexibility index (Phi) is 11.2. The standard InChI is InChI=1S/C19H24N2O3.C2H2O4/c1-24-18-9-7-17(8-10-18)20-19(23)11-12-21(13-14-22)15-16-5-3-2-4-6-16;3-1(4)2(5)6/h2-10,22H,11-15H2,1H3,(H,20,23);(H,3,4)(H,5,6). The Morgan fingerprint density at radius 1 is 0.933 bits per heavy atom. The third-order valence-electron chi connectivity index (χ3n) is 3.88. The zero-order valence-corrected chi connectivity index (χ0v) is 16.7. The molecule has 2 rings (SSSR count). The topological polar surface area (TPSA) is 136 Å². The molecule has 9 nitrogen and oxygen atoms in total. The molecule has 2 aromatic carbocycles. The van der Waals surface area contributed by atoms with Crippen LogP contribution in [0.3, 0.4) is 0 Å². The predicted molar refractivity (Wildman–Crippen MR) is 110 cm³/mol. The Hall–Kier alpha value is -3.43. The molecular weight excluding hydrogens is 392 g/mol. The van der Waals surface area contributed by atoms with E-state index in [1.807, 2.05) is 54.6 Å². The fourth-order valence-corrected chi connectivity index (χ4v) is 2.41. The molecule has 0 aliphatic carbocycles. The number of nitrogens with zero attached hydrogens (tertiary/aromatic N) is 1.